The highest BCUT2D eigenvalue weighted by atomic mass is 16.6. The monoisotopic (exact) mass is 1100 g/mol. The first-order valence-corrected chi connectivity index (χ1v) is 32.3. The summed E-state index contributed by atoms with van der Waals surface area (Å²) in [7, 11) is 0. The van der Waals surface area contributed by atoms with Crippen LogP contribution in [-0.2, 0) is 19.1 Å². The predicted octanol–water partition coefficient (Wildman–Crippen LogP) is 22.6. The van der Waals surface area contributed by atoms with Gasteiger partial charge in [-0.05, 0) is 135 Å². The smallest absolute Gasteiger partial charge is 0.306 e. The highest BCUT2D eigenvalue weighted by molar-refractivity contribution is 5.70. The van der Waals surface area contributed by atoms with Crippen molar-refractivity contribution in [2.45, 2.75) is 264 Å². The van der Waals surface area contributed by atoms with Crippen LogP contribution in [0, 0.1) is 0 Å². The maximum absolute atomic E-state index is 12.3. The first-order chi connectivity index (χ1) is 39.6. The Balaban J connectivity index is 3.63. The van der Waals surface area contributed by atoms with Gasteiger partial charge in [-0.15, -0.1) is 0 Å². The summed E-state index contributed by atoms with van der Waals surface area (Å²) >= 11 is 0. The zero-order valence-corrected chi connectivity index (χ0v) is 51.3. The summed E-state index contributed by atoms with van der Waals surface area (Å²) in [4.78, 5) is 24.6. The maximum Gasteiger partial charge on any atom is 0.306 e. The number of allylic oxidation sites excluding steroid dienone is 30. The second-order valence-electron chi connectivity index (χ2n) is 20.7. The fourth-order valence-electron chi connectivity index (χ4n) is 8.43. The summed E-state index contributed by atoms with van der Waals surface area (Å²) in [6.07, 6.45) is 107. The van der Waals surface area contributed by atoms with Crippen LogP contribution >= 0.6 is 0 Å². The molecule has 0 aromatic heterocycles. The minimum atomic E-state index is -0.804. The molecule has 0 radical (unpaired) electrons. The first-order valence-electron chi connectivity index (χ1n) is 32.3. The lowest BCUT2D eigenvalue weighted by atomic mass is 10.0. The van der Waals surface area contributed by atoms with Crippen molar-refractivity contribution in [1.29, 1.82) is 0 Å². The Morgan fingerprint density at radius 3 is 0.762 bits per heavy atom. The Kier molecular flexibility index (Phi) is 64.0. The van der Waals surface area contributed by atoms with Crippen molar-refractivity contribution in [1.82, 2.24) is 0 Å². The van der Waals surface area contributed by atoms with E-state index in [1.807, 2.05) is 0 Å². The van der Waals surface area contributed by atoms with E-state index in [2.05, 4.69) is 196 Å². The van der Waals surface area contributed by atoms with Gasteiger partial charge in [0.2, 0.25) is 0 Å². The molecule has 1 unspecified atom stereocenters. The minimum absolute atomic E-state index is 0.0898. The van der Waals surface area contributed by atoms with Gasteiger partial charge in [-0.3, -0.25) is 9.59 Å². The lowest BCUT2D eigenvalue weighted by molar-refractivity contribution is -0.161. The van der Waals surface area contributed by atoms with Crippen molar-refractivity contribution in [2.75, 3.05) is 13.2 Å². The number of aliphatic hydroxyl groups excluding tert-OH is 1. The summed E-state index contributed by atoms with van der Waals surface area (Å²) < 4.78 is 10.7. The normalized spacial score (nSPS) is 13.5. The van der Waals surface area contributed by atoms with Crippen molar-refractivity contribution in [3.63, 3.8) is 0 Å². The van der Waals surface area contributed by atoms with Crippen molar-refractivity contribution in [2.24, 2.45) is 0 Å². The van der Waals surface area contributed by atoms with E-state index in [0.29, 0.717) is 12.8 Å². The number of hydrogen-bond acceptors (Lipinski definition) is 5. The van der Waals surface area contributed by atoms with Crippen LogP contribution in [0.15, 0.2) is 182 Å². The van der Waals surface area contributed by atoms with Gasteiger partial charge >= 0.3 is 11.9 Å². The van der Waals surface area contributed by atoms with E-state index in [-0.39, 0.29) is 25.2 Å². The van der Waals surface area contributed by atoms with Gasteiger partial charge in [0.1, 0.15) is 6.61 Å². The SMILES string of the molecule is CC/C=C\C/C=C\C/C=C\C/C=C\C/C=C\C/C=C\C/C=C\C/C=C\C/C=C\C/C=C\C/C=C\CCCCCC(=O)OC(CO)COC(=O)CCCCCCCCCCCCCCCCCC/C=C\C/C=C\C/C=C\C/C=C\CC. The molecule has 1 atom stereocenters. The second-order valence-corrected chi connectivity index (χ2v) is 20.7. The number of esters is 2. The molecule has 448 valence electrons. The molecule has 0 fully saturated rings. The minimum Gasteiger partial charge on any atom is -0.462 e. The zero-order chi connectivity index (χ0) is 57.6. The number of carbonyl (C=O) groups is 2. The van der Waals surface area contributed by atoms with Gasteiger partial charge in [0.25, 0.3) is 0 Å². The number of aliphatic hydroxyl groups is 1. The van der Waals surface area contributed by atoms with Crippen molar-refractivity contribution in [3.05, 3.63) is 182 Å². The van der Waals surface area contributed by atoms with Crippen LogP contribution in [0.2, 0.25) is 0 Å². The van der Waals surface area contributed by atoms with Crippen LogP contribution < -0.4 is 0 Å². The zero-order valence-electron chi connectivity index (χ0n) is 51.3. The number of unbranched alkanes of at least 4 members (excludes halogenated alkanes) is 19. The van der Waals surface area contributed by atoms with Gasteiger partial charge in [-0.1, -0.05) is 292 Å². The third kappa shape index (κ3) is 65.5. The Morgan fingerprint density at radius 2 is 0.500 bits per heavy atom. The van der Waals surface area contributed by atoms with Crippen LogP contribution in [-0.4, -0.2) is 36.4 Å². The Bertz CT molecular complexity index is 1820. The molecule has 80 heavy (non-hydrogen) atoms. The predicted molar refractivity (Wildman–Crippen MR) is 352 cm³/mol. The lowest BCUT2D eigenvalue weighted by Crippen LogP contribution is -2.28. The molecule has 5 heteroatoms. The van der Waals surface area contributed by atoms with Gasteiger partial charge in [-0.25, -0.2) is 0 Å². The first kappa shape index (κ1) is 75.0. The Morgan fingerprint density at radius 1 is 0.287 bits per heavy atom. The summed E-state index contributed by atoms with van der Waals surface area (Å²) in [6, 6.07) is 0. The molecule has 0 saturated heterocycles. The fraction of sp³-hybridized carbons (Fsp3) is 0.573. The third-order valence-electron chi connectivity index (χ3n) is 13.2. The molecule has 0 rings (SSSR count). The van der Waals surface area contributed by atoms with E-state index in [0.717, 1.165) is 141 Å². The maximum atomic E-state index is 12.3. The van der Waals surface area contributed by atoms with Crippen LogP contribution in [0.25, 0.3) is 0 Å². The van der Waals surface area contributed by atoms with Gasteiger partial charge in [-0.2, -0.15) is 0 Å². The molecule has 5 nitrogen and oxygen atoms in total. The van der Waals surface area contributed by atoms with Crippen molar-refractivity contribution < 1.29 is 24.2 Å². The van der Waals surface area contributed by atoms with E-state index in [1.54, 1.807) is 0 Å². The molecular formula is C75H118O5. The quantitative estimate of drug-likeness (QED) is 0.0373. The van der Waals surface area contributed by atoms with Crippen LogP contribution in [0.1, 0.15) is 258 Å². The molecule has 0 aromatic rings. The van der Waals surface area contributed by atoms with E-state index in [9.17, 15) is 14.7 Å². The van der Waals surface area contributed by atoms with Crippen LogP contribution in [0.4, 0.5) is 0 Å². The van der Waals surface area contributed by atoms with E-state index < -0.39 is 6.10 Å². The van der Waals surface area contributed by atoms with E-state index in [4.69, 9.17) is 9.47 Å². The summed E-state index contributed by atoms with van der Waals surface area (Å²) in [5.41, 5.74) is 0. The Labute approximate surface area is 493 Å². The third-order valence-corrected chi connectivity index (χ3v) is 13.2. The molecule has 1 N–H and O–H groups in total. The van der Waals surface area contributed by atoms with E-state index >= 15 is 0 Å². The second kappa shape index (κ2) is 68.3. The van der Waals surface area contributed by atoms with Crippen molar-refractivity contribution >= 4 is 11.9 Å². The molecule has 0 aliphatic heterocycles. The topological polar surface area (TPSA) is 72.8 Å². The summed E-state index contributed by atoms with van der Waals surface area (Å²) in [5, 5.41) is 9.68. The molecule has 0 saturated carbocycles. The van der Waals surface area contributed by atoms with Crippen LogP contribution in [0.5, 0.6) is 0 Å². The fourth-order valence-corrected chi connectivity index (χ4v) is 8.43. The van der Waals surface area contributed by atoms with Gasteiger partial charge in [0.15, 0.2) is 6.10 Å². The molecule has 0 aliphatic rings. The number of carbonyl (C=O) groups excluding carboxylic acids is 2. The number of hydrogen-bond donors (Lipinski definition) is 1. The number of rotatable bonds is 57. The highest BCUT2D eigenvalue weighted by Gasteiger charge is 2.16. The average Bonchev–Trinajstić information content (AvgIpc) is 3.46. The molecule has 0 aromatic carbocycles. The summed E-state index contributed by atoms with van der Waals surface area (Å²) in [6.45, 7) is 3.89. The average molecular weight is 1100 g/mol. The summed E-state index contributed by atoms with van der Waals surface area (Å²) in [5.74, 6) is -0.637. The van der Waals surface area contributed by atoms with E-state index in [1.165, 1.54) is 89.9 Å². The largest absolute Gasteiger partial charge is 0.462 e. The molecule has 0 heterocycles. The van der Waals surface area contributed by atoms with Gasteiger partial charge in [0, 0.05) is 12.8 Å². The highest BCUT2D eigenvalue weighted by Crippen LogP contribution is 2.15. The number of ether oxygens (including phenoxy) is 2. The van der Waals surface area contributed by atoms with Gasteiger partial charge in [0.05, 0.1) is 6.61 Å². The molecule has 0 spiro atoms. The molecule has 0 bridgehead atoms. The Hall–Kier alpha value is -5.00. The molecule has 0 aliphatic carbocycles. The van der Waals surface area contributed by atoms with Gasteiger partial charge < -0.3 is 14.6 Å². The molecule has 0 amide bonds. The van der Waals surface area contributed by atoms with Crippen LogP contribution in [0.3, 0.4) is 0 Å². The standard InChI is InChI=1S/C75H118O5/c1-3-5-7-9-11-13-15-17-19-21-23-25-27-29-31-33-34-35-36-37-38-39-40-42-44-46-48-50-52-54-56-58-60-62-64-66-68-70-75(78)80-73(71-76)72-79-74(77)69-67-65-63-61-59-57-55-53-51-49-47-45-43-41-32-30-28-26-24-22-20-18-16-14-12-10-8-6-4-2/h5-8,11-14,17-20,23-26,29,31,34-35,37-38,40,42,46,48,52,54,58,60,73,76H,3-4,9-10,15-16,21-22,27-28,30,32-33,36,39,41,43-45,47,49-51,53,55-57,59,61-72H2,1-2H3/b7-5-,8-6-,13-11-,14-12-,19-17-,20-18-,25-23-,26-24-,31-29-,35-34-,38-37-,42-40-,48-46-,54-52-,60-58-. The van der Waals surface area contributed by atoms with Crippen molar-refractivity contribution in [3.8, 4) is 0 Å². The molecular weight excluding hydrogens is 981 g/mol. The lowest BCUT2D eigenvalue weighted by Gasteiger charge is -2.15.